The van der Waals surface area contributed by atoms with Crippen LogP contribution in [0.15, 0.2) is 12.1 Å². The fraction of sp³-hybridized carbons (Fsp3) is 0.741. The van der Waals surface area contributed by atoms with Crippen LogP contribution >= 0.6 is 0 Å². The normalized spacial score (nSPS) is 14.9. The van der Waals surface area contributed by atoms with Crippen LogP contribution in [0.1, 0.15) is 38.7 Å². The molecule has 1 aromatic rings. The van der Waals surface area contributed by atoms with Crippen molar-refractivity contribution in [1.29, 1.82) is 0 Å². The Morgan fingerprint density at radius 3 is 1.48 bits per heavy atom. The molecule has 1 aromatic carbocycles. The van der Waals surface area contributed by atoms with Crippen molar-refractivity contribution in [2.24, 2.45) is 5.92 Å². The van der Waals surface area contributed by atoms with Crippen molar-refractivity contribution >= 4 is 5.97 Å². The van der Waals surface area contributed by atoms with Gasteiger partial charge in [-0.25, -0.2) is 0 Å². The van der Waals surface area contributed by atoms with Crippen LogP contribution in [0.5, 0.6) is 17.2 Å². The van der Waals surface area contributed by atoms with Gasteiger partial charge >= 0.3 is 53.6 Å². The Labute approximate surface area is 272 Å². The third kappa shape index (κ3) is 8.16. The number of halogens is 17. The van der Waals surface area contributed by atoms with Crippen molar-refractivity contribution in [3.8, 4) is 17.2 Å². The minimum Gasteiger partial charge on any atom is -0.496 e. The van der Waals surface area contributed by atoms with E-state index in [2.05, 4.69) is 5.32 Å². The van der Waals surface area contributed by atoms with Crippen LogP contribution in [0.4, 0.5) is 74.6 Å². The van der Waals surface area contributed by atoms with Crippen LogP contribution in [0.25, 0.3) is 0 Å². The van der Waals surface area contributed by atoms with Gasteiger partial charge in [0.1, 0.15) is 23.3 Å². The summed E-state index contributed by atoms with van der Waals surface area (Å²) in [4.78, 5) is 12.1. The molecule has 6 nitrogen and oxygen atoms in total. The number of carbonyl (C=O) groups is 1. The molecule has 0 fully saturated rings. The second-order valence-corrected chi connectivity index (χ2v) is 11.0. The predicted octanol–water partition coefficient (Wildman–Crippen LogP) is 8.55. The maximum atomic E-state index is 14.2. The lowest BCUT2D eigenvalue weighted by Crippen LogP contribution is -2.74. The van der Waals surface area contributed by atoms with Crippen LogP contribution < -0.4 is 19.5 Å². The zero-order chi connectivity index (χ0) is 39.5. The molecule has 0 aliphatic rings. The summed E-state index contributed by atoms with van der Waals surface area (Å²) in [5.74, 6) is -57.7. The molecular weight excluding hydrogens is 741 g/mol. The topological polar surface area (TPSA) is 66.0 Å². The average molecular weight is 772 g/mol. The van der Waals surface area contributed by atoms with Crippen molar-refractivity contribution < 1.29 is 98.4 Å². The summed E-state index contributed by atoms with van der Waals surface area (Å²) in [6.45, 7) is 2.37. The van der Waals surface area contributed by atoms with Crippen LogP contribution in [-0.4, -0.2) is 87.6 Å². The molecule has 0 saturated carbocycles. The highest BCUT2D eigenvalue weighted by Gasteiger charge is 2.95. The van der Waals surface area contributed by atoms with Gasteiger partial charge in [0.2, 0.25) is 0 Å². The summed E-state index contributed by atoms with van der Waals surface area (Å²) in [5, 5.41) is 2.90. The van der Waals surface area contributed by atoms with Crippen LogP contribution in [0.3, 0.4) is 0 Å². The molecule has 1 rings (SSSR count). The van der Waals surface area contributed by atoms with Crippen molar-refractivity contribution in [2.45, 2.75) is 93.3 Å². The zero-order valence-corrected chi connectivity index (χ0v) is 26.3. The molecule has 0 aliphatic heterocycles. The van der Waals surface area contributed by atoms with E-state index in [-0.39, 0.29) is 35.3 Å². The second kappa shape index (κ2) is 15.2. The van der Waals surface area contributed by atoms with Crippen LogP contribution in [0, 0.1) is 5.92 Å². The number of nitrogens with one attached hydrogen (secondary N) is 1. The monoisotopic (exact) mass is 771 g/mol. The molecule has 0 spiro atoms. The van der Waals surface area contributed by atoms with E-state index in [1.54, 1.807) is 0 Å². The van der Waals surface area contributed by atoms with Crippen LogP contribution in [-0.2, 0) is 16.1 Å². The summed E-state index contributed by atoms with van der Waals surface area (Å²) in [7, 11) is 3.42. The Bertz CT molecular complexity index is 1280. The van der Waals surface area contributed by atoms with Gasteiger partial charge < -0.3 is 18.9 Å². The Balaban J connectivity index is 3.22. The lowest BCUT2D eigenvalue weighted by atomic mass is 9.88. The van der Waals surface area contributed by atoms with Gasteiger partial charge in [-0.1, -0.05) is 13.8 Å². The van der Waals surface area contributed by atoms with Gasteiger partial charge in [0, 0.05) is 25.1 Å². The molecule has 292 valence electrons. The Morgan fingerprint density at radius 1 is 0.680 bits per heavy atom. The Kier molecular flexibility index (Phi) is 13.7. The van der Waals surface area contributed by atoms with E-state index in [0.29, 0.717) is 6.42 Å². The smallest absolute Gasteiger partial charge is 0.460 e. The van der Waals surface area contributed by atoms with Gasteiger partial charge in [-0.05, 0) is 18.8 Å². The quantitative estimate of drug-likeness (QED) is 0.0865. The molecular formula is C27H30F17NO5. The number of ether oxygens (including phenoxy) is 4. The fourth-order valence-electron chi connectivity index (χ4n) is 4.16. The number of rotatable bonds is 19. The lowest BCUT2D eigenvalue weighted by Gasteiger charge is -2.42. The highest BCUT2D eigenvalue weighted by molar-refractivity contribution is 5.75. The molecule has 0 amide bonds. The number of carbonyl (C=O) groups excluding carboxylic acids is 1. The third-order valence-electron chi connectivity index (χ3n) is 6.99. The highest BCUT2D eigenvalue weighted by atomic mass is 19.4. The number of hydrogen-bond donors (Lipinski definition) is 1. The number of methoxy groups -OCH3 is 3. The summed E-state index contributed by atoms with van der Waals surface area (Å²) in [6, 6.07) is 1.33. The second-order valence-electron chi connectivity index (χ2n) is 11.0. The molecule has 0 unspecified atom stereocenters. The van der Waals surface area contributed by atoms with E-state index in [1.807, 2.05) is 13.8 Å². The maximum absolute atomic E-state index is 14.2. The Morgan fingerprint density at radius 2 is 1.10 bits per heavy atom. The number of benzene rings is 1. The molecule has 1 atom stereocenters. The van der Waals surface area contributed by atoms with E-state index in [4.69, 9.17) is 18.9 Å². The van der Waals surface area contributed by atoms with Crippen LogP contribution in [0.2, 0.25) is 0 Å². The van der Waals surface area contributed by atoms with Gasteiger partial charge in [0.05, 0.1) is 33.5 Å². The molecule has 0 radical (unpaired) electrons. The molecule has 1 N–H and O–H groups in total. The highest BCUT2D eigenvalue weighted by Crippen LogP contribution is 2.64. The van der Waals surface area contributed by atoms with Gasteiger partial charge in [-0.15, -0.1) is 0 Å². The van der Waals surface area contributed by atoms with Crippen molar-refractivity contribution in [3.05, 3.63) is 17.7 Å². The first-order valence-electron chi connectivity index (χ1n) is 13.8. The number of alkyl halides is 17. The van der Waals surface area contributed by atoms with Gasteiger partial charge in [-0.2, -0.15) is 74.6 Å². The average Bonchev–Trinajstić information content (AvgIpc) is 2.99. The number of hydrogen-bond acceptors (Lipinski definition) is 6. The number of esters is 1. The summed E-state index contributed by atoms with van der Waals surface area (Å²) in [5.41, 5.74) is 0.240. The van der Waals surface area contributed by atoms with Gasteiger partial charge in [0.15, 0.2) is 0 Å². The SMILES string of the molecule is COC(=O)[C@H](CC(C)C)NCc1c(OC)cc(OCCCC(F)(F)C(F)(F)C(F)(F)C(F)(F)C(F)(F)C(F)(F)C(F)(F)C(F)(F)F)cc1OC. The predicted molar refractivity (Wildman–Crippen MR) is 137 cm³/mol. The summed E-state index contributed by atoms with van der Waals surface area (Å²) in [6.07, 6.45) is -11.6. The molecule has 0 aromatic heterocycles. The third-order valence-corrected chi connectivity index (χ3v) is 6.99. The zero-order valence-electron chi connectivity index (χ0n) is 26.3. The first-order valence-corrected chi connectivity index (χ1v) is 13.8. The van der Waals surface area contributed by atoms with E-state index in [0.717, 1.165) is 33.5 Å². The molecule has 23 heteroatoms. The van der Waals surface area contributed by atoms with Gasteiger partial charge in [-0.3, -0.25) is 10.1 Å². The maximum Gasteiger partial charge on any atom is 0.460 e. The van der Waals surface area contributed by atoms with Crippen molar-refractivity contribution in [1.82, 2.24) is 5.32 Å². The van der Waals surface area contributed by atoms with Crippen molar-refractivity contribution in [3.63, 3.8) is 0 Å². The standard InChI is InChI=1S/C27H30F17NO5/c1-13(2)9-16(19(46)49-5)45-12-15-17(47-3)10-14(11-18(15)48-4)50-8-6-7-20(28,29)21(30,31)22(32,33)23(34,35)24(36,37)25(38,39)26(40,41)27(42,43)44/h10-11,13,16,45H,6-9,12H2,1-5H3/t16-/m0/s1. The van der Waals surface area contributed by atoms with Gasteiger partial charge in [0.25, 0.3) is 0 Å². The summed E-state index contributed by atoms with van der Waals surface area (Å²) >= 11 is 0. The molecule has 0 aliphatic carbocycles. The first kappa shape index (κ1) is 44.9. The van der Waals surface area contributed by atoms with E-state index in [9.17, 15) is 79.4 Å². The van der Waals surface area contributed by atoms with E-state index < -0.39 is 79.1 Å². The summed E-state index contributed by atoms with van der Waals surface area (Å²) < 4.78 is 249. The minimum atomic E-state index is -8.68. The van der Waals surface area contributed by atoms with E-state index >= 15 is 0 Å². The van der Waals surface area contributed by atoms with Crippen molar-refractivity contribution in [2.75, 3.05) is 27.9 Å². The molecule has 0 saturated heterocycles. The van der Waals surface area contributed by atoms with E-state index in [1.165, 1.54) is 0 Å². The first-order chi connectivity index (χ1) is 22.4. The molecule has 50 heavy (non-hydrogen) atoms. The molecule has 0 bridgehead atoms. The largest absolute Gasteiger partial charge is 0.496 e. The lowest BCUT2D eigenvalue weighted by molar-refractivity contribution is -0.461. The Hall–Kier alpha value is -3.14. The minimum absolute atomic E-state index is 0.0307. The fourth-order valence-corrected chi connectivity index (χ4v) is 4.16. The molecule has 0 heterocycles.